The molecule has 2 rings (SSSR count). The van der Waals surface area contributed by atoms with E-state index in [2.05, 4.69) is 15.1 Å². The summed E-state index contributed by atoms with van der Waals surface area (Å²) in [5.74, 6) is 0. The fraction of sp³-hybridized carbons (Fsp3) is 0.700. The van der Waals surface area contributed by atoms with Crippen LogP contribution in [0, 0.1) is 6.92 Å². The largest absolute Gasteiger partial charge is 0.308 e. The number of nitrogens with zero attached hydrogens (tertiary/aromatic N) is 2. The van der Waals surface area contributed by atoms with E-state index in [4.69, 9.17) is 10.4 Å². The molecule has 6 nitrogen and oxygen atoms in total. The summed E-state index contributed by atoms with van der Waals surface area (Å²) in [6.45, 7) is 3.26. The molecule has 17 heavy (non-hydrogen) atoms. The van der Waals surface area contributed by atoms with E-state index in [0.29, 0.717) is 12.5 Å². The molecule has 1 aromatic rings. The van der Waals surface area contributed by atoms with Crippen molar-refractivity contribution in [3.8, 4) is 0 Å². The average molecular weight is 259 g/mol. The Morgan fingerprint density at radius 2 is 2.41 bits per heavy atom. The second kappa shape index (κ2) is 5.85. The average Bonchev–Trinajstić information content (AvgIpc) is 2.87. The van der Waals surface area contributed by atoms with E-state index in [0.717, 1.165) is 28.5 Å². The number of aryl methyl sites for hydroxylation is 1. The number of nitrogens with one attached hydrogen (secondary N) is 1. The van der Waals surface area contributed by atoms with Gasteiger partial charge >= 0.3 is 0 Å². The summed E-state index contributed by atoms with van der Waals surface area (Å²) in [4.78, 5) is 10.2. The van der Waals surface area contributed by atoms with E-state index >= 15 is 0 Å². The summed E-state index contributed by atoms with van der Waals surface area (Å²) < 4.78 is 0. The molecule has 1 saturated heterocycles. The molecular weight excluding hydrogens is 242 g/mol. The molecule has 0 saturated carbocycles. The lowest BCUT2D eigenvalue weighted by Gasteiger charge is -2.05. The molecule has 2 heterocycles. The Labute approximate surface area is 104 Å². The van der Waals surface area contributed by atoms with Gasteiger partial charge in [0.1, 0.15) is 5.01 Å². The van der Waals surface area contributed by atoms with Crippen LogP contribution in [0.25, 0.3) is 0 Å². The van der Waals surface area contributed by atoms with Gasteiger partial charge in [-0.05, 0) is 26.3 Å². The predicted octanol–water partition coefficient (Wildman–Crippen LogP) is 1.43. The van der Waals surface area contributed by atoms with Crippen LogP contribution in [0.1, 0.15) is 34.5 Å². The van der Waals surface area contributed by atoms with Gasteiger partial charge in [-0.25, -0.2) is 4.98 Å². The van der Waals surface area contributed by atoms with Crippen molar-refractivity contribution in [2.45, 2.75) is 32.2 Å². The highest BCUT2D eigenvalue weighted by molar-refractivity contribution is 7.11. The second-order valence-corrected chi connectivity index (χ2v) is 5.16. The molecule has 7 heteroatoms. The van der Waals surface area contributed by atoms with Crippen LogP contribution >= 0.6 is 11.3 Å². The standard InChI is InChI=1S/C10H17N3O3S/c1-7-9(4-6-16-13(14)15)17-10(12-7)8-3-2-5-11-8/h8,11,14-15H,2-6H2,1H3/t8-/m0/s1. The number of hydrogen-bond acceptors (Lipinski definition) is 7. The molecule has 96 valence electrons. The lowest BCUT2D eigenvalue weighted by atomic mass is 10.2. The SMILES string of the molecule is Cc1nc([C@@H]2CCCN2)sc1CCON(O)O. The van der Waals surface area contributed by atoms with Crippen molar-refractivity contribution in [2.24, 2.45) is 0 Å². The van der Waals surface area contributed by atoms with Gasteiger partial charge in [0.15, 0.2) is 0 Å². The van der Waals surface area contributed by atoms with Crippen LogP contribution in [-0.4, -0.2) is 33.9 Å². The van der Waals surface area contributed by atoms with Crippen molar-refractivity contribution >= 4 is 11.3 Å². The van der Waals surface area contributed by atoms with Crippen LogP contribution in [0.5, 0.6) is 0 Å². The Balaban J connectivity index is 1.93. The summed E-state index contributed by atoms with van der Waals surface area (Å²) in [5, 5.41) is 21.1. The number of rotatable bonds is 5. The lowest BCUT2D eigenvalue weighted by molar-refractivity contribution is -0.492. The van der Waals surface area contributed by atoms with E-state index in [1.165, 1.54) is 6.42 Å². The Morgan fingerprint density at radius 3 is 3.06 bits per heavy atom. The smallest absolute Gasteiger partial charge is 0.110 e. The second-order valence-electron chi connectivity index (χ2n) is 4.05. The first kappa shape index (κ1) is 12.9. The molecular formula is C10H17N3O3S. The molecule has 1 aromatic heterocycles. The van der Waals surface area contributed by atoms with Gasteiger partial charge in [-0.15, -0.1) is 11.3 Å². The molecule has 1 fully saturated rings. The molecule has 0 aromatic carbocycles. The minimum atomic E-state index is -0.254. The first-order chi connectivity index (χ1) is 8.16. The predicted molar refractivity (Wildman–Crippen MR) is 61.9 cm³/mol. The first-order valence-corrected chi connectivity index (χ1v) is 6.49. The molecule has 1 aliphatic rings. The van der Waals surface area contributed by atoms with E-state index in [9.17, 15) is 0 Å². The molecule has 0 bridgehead atoms. The van der Waals surface area contributed by atoms with Crippen molar-refractivity contribution in [1.29, 1.82) is 0 Å². The van der Waals surface area contributed by atoms with Gasteiger partial charge in [-0.3, -0.25) is 15.3 Å². The molecule has 1 atom stereocenters. The number of aromatic nitrogens is 1. The Bertz CT molecular complexity index is 364. The lowest BCUT2D eigenvalue weighted by Crippen LogP contribution is -2.16. The van der Waals surface area contributed by atoms with Gasteiger partial charge in [0.05, 0.1) is 23.7 Å². The molecule has 0 radical (unpaired) electrons. The topological polar surface area (TPSA) is 77.9 Å². The molecule has 1 aliphatic heterocycles. The summed E-state index contributed by atoms with van der Waals surface area (Å²) in [6.07, 6.45) is 2.98. The Kier molecular flexibility index (Phi) is 4.43. The van der Waals surface area contributed by atoms with Gasteiger partial charge in [0.2, 0.25) is 0 Å². The minimum absolute atomic E-state index is 0.230. The van der Waals surface area contributed by atoms with Crippen LogP contribution in [-0.2, 0) is 11.3 Å². The highest BCUT2D eigenvalue weighted by Crippen LogP contribution is 2.29. The first-order valence-electron chi connectivity index (χ1n) is 5.67. The van der Waals surface area contributed by atoms with Crippen molar-refractivity contribution in [1.82, 2.24) is 15.7 Å². The van der Waals surface area contributed by atoms with Crippen LogP contribution < -0.4 is 5.32 Å². The van der Waals surface area contributed by atoms with Crippen molar-refractivity contribution in [2.75, 3.05) is 13.2 Å². The quantitative estimate of drug-likeness (QED) is 0.694. The monoisotopic (exact) mass is 259 g/mol. The van der Waals surface area contributed by atoms with Gasteiger partial charge < -0.3 is 5.32 Å². The van der Waals surface area contributed by atoms with Crippen molar-refractivity contribution in [3.05, 3.63) is 15.6 Å². The number of thiazole rings is 1. The highest BCUT2D eigenvalue weighted by Gasteiger charge is 2.20. The zero-order chi connectivity index (χ0) is 12.3. The molecule has 0 spiro atoms. The maximum absolute atomic E-state index is 8.42. The van der Waals surface area contributed by atoms with E-state index in [-0.39, 0.29) is 12.0 Å². The van der Waals surface area contributed by atoms with Crippen LogP contribution in [0.4, 0.5) is 0 Å². The third-order valence-corrected chi connectivity index (χ3v) is 4.13. The van der Waals surface area contributed by atoms with E-state index in [1.807, 2.05) is 6.92 Å². The van der Waals surface area contributed by atoms with E-state index in [1.54, 1.807) is 11.3 Å². The van der Waals surface area contributed by atoms with Crippen molar-refractivity contribution < 1.29 is 15.3 Å². The van der Waals surface area contributed by atoms with E-state index < -0.39 is 0 Å². The zero-order valence-corrected chi connectivity index (χ0v) is 10.5. The molecule has 0 aliphatic carbocycles. The van der Waals surface area contributed by atoms with Crippen molar-refractivity contribution in [3.63, 3.8) is 0 Å². The Hall–Kier alpha value is -0.570. The fourth-order valence-corrected chi connectivity index (χ4v) is 3.10. The maximum Gasteiger partial charge on any atom is 0.110 e. The number of hydrogen-bond donors (Lipinski definition) is 3. The van der Waals surface area contributed by atoms with Crippen LogP contribution in [0.3, 0.4) is 0 Å². The third kappa shape index (κ3) is 3.44. The minimum Gasteiger partial charge on any atom is -0.308 e. The third-order valence-electron chi connectivity index (χ3n) is 2.80. The van der Waals surface area contributed by atoms with Crippen LogP contribution in [0.15, 0.2) is 0 Å². The van der Waals surface area contributed by atoms with Crippen LogP contribution in [0.2, 0.25) is 0 Å². The maximum atomic E-state index is 8.42. The van der Waals surface area contributed by atoms with Gasteiger partial charge in [-0.1, -0.05) is 0 Å². The van der Waals surface area contributed by atoms with Gasteiger partial charge in [0, 0.05) is 11.3 Å². The normalized spacial score (nSPS) is 20.4. The summed E-state index contributed by atoms with van der Waals surface area (Å²) in [7, 11) is 0. The zero-order valence-electron chi connectivity index (χ0n) is 9.72. The highest BCUT2D eigenvalue weighted by atomic mass is 32.1. The van der Waals surface area contributed by atoms with Gasteiger partial charge in [0.25, 0.3) is 0 Å². The molecule has 0 unspecified atom stereocenters. The van der Waals surface area contributed by atoms with Gasteiger partial charge in [-0.2, -0.15) is 0 Å². The summed E-state index contributed by atoms with van der Waals surface area (Å²) in [6, 6.07) is 0.389. The summed E-state index contributed by atoms with van der Waals surface area (Å²) in [5.41, 5.74) is 1.00. The summed E-state index contributed by atoms with van der Waals surface area (Å²) >= 11 is 1.67. The fourth-order valence-electron chi connectivity index (χ4n) is 1.95. The molecule has 3 N–H and O–H groups in total. The molecule has 0 amide bonds. The Morgan fingerprint density at radius 1 is 1.59 bits per heavy atom.